The van der Waals surface area contributed by atoms with Crippen LogP contribution in [0.1, 0.15) is 22.3 Å². The van der Waals surface area contributed by atoms with Crippen LogP contribution in [0, 0.1) is 0 Å². The van der Waals surface area contributed by atoms with Crippen molar-refractivity contribution < 1.29 is 0 Å². The summed E-state index contributed by atoms with van der Waals surface area (Å²) in [5.74, 6) is 0.631. The molecule has 0 atom stereocenters. The summed E-state index contributed by atoms with van der Waals surface area (Å²) in [5.41, 5.74) is 21.6. The molecule has 4 nitrogen and oxygen atoms in total. The van der Waals surface area contributed by atoms with E-state index in [2.05, 4.69) is 301 Å². The molecule has 3 aromatic heterocycles. The molecule has 0 amide bonds. The lowest BCUT2D eigenvalue weighted by atomic mass is 9.70. The summed E-state index contributed by atoms with van der Waals surface area (Å²) in [6.45, 7) is 0. The van der Waals surface area contributed by atoms with Gasteiger partial charge in [-0.2, -0.15) is 0 Å². The molecule has 84 heavy (non-hydrogen) atoms. The minimum atomic E-state index is -0.499. The van der Waals surface area contributed by atoms with Crippen molar-refractivity contribution in [1.82, 2.24) is 14.5 Å². The fourth-order valence-corrected chi connectivity index (χ4v) is 15.9. The summed E-state index contributed by atoms with van der Waals surface area (Å²) >= 11 is 1.89. The molecular weight excluding hydrogens is 1040 g/mol. The van der Waals surface area contributed by atoms with Crippen molar-refractivity contribution in [2.75, 3.05) is 4.90 Å². The molecule has 0 bridgehead atoms. The first-order valence-electron chi connectivity index (χ1n) is 28.8. The van der Waals surface area contributed by atoms with E-state index >= 15 is 0 Å². The number of anilines is 3. The van der Waals surface area contributed by atoms with Gasteiger partial charge in [0.2, 0.25) is 5.95 Å². The molecule has 5 heteroatoms. The summed E-state index contributed by atoms with van der Waals surface area (Å²) < 4.78 is 4.80. The highest BCUT2D eigenvalue weighted by molar-refractivity contribution is 7.27. The highest BCUT2D eigenvalue weighted by Crippen LogP contribution is 2.63. The van der Waals surface area contributed by atoms with Crippen LogP contribution >= 0.6 is 11.3 Å². The van der Waals surface area contributed by atoms with Crippen molar-refractivity contribution in [1.29, 1.82) is 0 Å². The molecule has 2 aliphatic rings. The van der Waals surface area contributed by atoms with Crippen molar-refractivity contribution >= 4 is 91.9 Å². The molecule has 0 unspecified atom stereocenters. The number of nitrogens with zero attached hydrogens (tertiary/aromatic N) is 4. The maximum absolute atomic E-state index is 5.55. The SMILES string of the molecule is c1ccc(-c2ccc(N(c3ccc4c(c3)C3(c5ccccc5-c5ccccc53)c3ccccc3-4)c3cccc4c3sc3c4ccc4c3c3c5ccccc5c5ccccc5c3n4-c3nc(-c4ccccc4)cc(-c4ccccc4)n3)cc2)cc1. The second-order valence-electron chi connectivity index (χ2n) is 22.3. The van der Waals surface area contributed by atoms with E-state index in [0.717, 1.165) is 56.0 Å². The van der Waals surface area contributed by atoms with E-state index in [-0.39, 0.29) is 0 Å². The standard InChI is InChI=1S/C79H48N4S/c1-4-21-49(22-5-1)50-39-41-53(42-40-50)82(54-43-44-60-59-31-16-19-37-67(59)79(68(60)47-54)65-35-17-14-29-57(65)58-30-15-18-36-66(58)79)72-38-20-34-63-64-45-46-71-74(77(64)84-76(63)72)73-61-32-12-10-27-55(61)56-28-11-13-33-62(56)75(73)83(71)78-80-69(51-23-6-2-7-24-51)48-70(81-78)52-25-8-3-9-26-52/h1-48H. The summed E-state index contributed by atoms with van der Waals surface area (Å²) in [5, 5.41) is 9.59. The summed E-state index contributed by atoms with van der Waals surface area (Å²) in [6.07, 6.45) is 0. The van der Waals surface area contributed by atoms with Gasteiger partial charge >= 0.3 is 0 Å². The third kappa shape index (κ3) is 6.64. The van der Waals surface area contributed by atoms with Gasteiger partial charge < -0.3 is 4.90 Å². The lowest BCUT2D eigenvalue weighted by Gasteiger charge is -2.32. The van der Waals surface area contributed by atoms with Crippen LogP contribution < -0.4 is 4.90 Å². The molecule has 13 aromatic carbocycles. The number of hydrogen-bond donors (Lipinski definition) is 0. The predicted molar refractivity (Wildman–Crippen MR) is 352 cm³/mol. The lowest BCUT2D eigenvalue weighted by Crippen LogP contribution is -2.26. The Morgan fingerprint density at radius 2 is 0.798 bits per heavy atom. The number of fused-ring (bicyclic) bond motifs is 22. The van der Waals surface area contributed by atoms with E-state index in [0.29, 0.717) is 5.95 Å². The van der Waals surface area contributed by atoms with E-state index in [9.17, 15) is 0 Å². The number of thiophene rings is 1. The van der Waals surface area contributed by atoms with Gasteiger partial charge in [0.05, 0.1) is 38.2 Å². The maximum Gasteiger partial charge on any atom is 0.235 e. The number of rotatable bonds is 7. The largest absolute Gasteiger partial charge is 0.309 e. The molecule has 0 fully saturated rings. The van der Waals surface area contributed by atoms with Gasteiger partial charge in [0.25, 0.3) is 0 Å². The van der Waals surface area contributed by atoms with Crippen LogP contribution in [0.3, 0.4) is 0 Å². The molecule has 0 aliphatic heterocycles. The van der Waals surface area contributed by atoms with Gasteiger partial charge in [-0.05, 0) is 114 Å². The Labute approximate surface area is 489 Å². The number of benzene rings is 13. The van der Waals surface area contributed by atoms with Crippen LogP contribution in [0.25, 0.3) is 125 Å². The third-order valence-corrected chi connectivity index (χ3v) is 19.3. The number of aromatic nitrogens is 3. The fourth-order valence-electron chi connectivity index (χ4n) is 14.5. The van der Waals surface area contributed by atoms with Gasteiger partial charge in [-0.25, -0.2) is 9.97 Å². The minimum Gasteiger partial charge on any atom is -0.309 e. The quantitative estimate of drug-likeness (QED) is 0.149. The zero-order valence-corrected chi connectivity index (χ0v) is 46.2. The van der Waals surface area contributed by atoms with Crippen LogP contribution in [0.15, 0.2) is 291 Å². The van der Waals surface area contributed by atoms with E-state index in [1.807, 2.05) is 11.3 Å². The first-order chi connectivity index (χ1) is 41.7. The topological polar surface area (TPSA) is 34.0 Å². The Morgan fingerprint density at radius 1 is 0.321 bits per heavy atom. The predicted octanol–water partition coefficient (Wildman–Crippen LogP) is 21.1. The first kappa shape index (κ1) is 47.0. The Morgan fingerprint density at radius 3 is 1.42 bits per heavy atom. The number of hydrogen-bond acceptors (Lipinski definition) is 4. The molecule has 390 valence electrons. The van der Waals surface area contributed by atoms with Crippen LogP contribution in [-0.4, -0.2) is 14.5 Å². The third-order valence-electron chi connectivity index (χ3n) is 18.0. The second kappa shape index (κ2) is 18.1. The minimum absolute atomic E-state index is 0.499. The van der Waals surface area contributed by atoms with E-state index in [1.165, 1.54) is 103 Å². The lowest BCUT2D eigenvalue weighted by molar-refractivity contribution is 0.793. The monoisotopic (exact) mass is 1080 g/mol. The molecule has 16 aromatic rings. The van der Waals surface area contributed by atoms with E-state index in [4.69, 9.17) is 9.97 Å². The Bertz CT molecular complexity index is 5250. The molecule has 0 saturated heterocycles. The fraction of sp³-hybridized carbons (Fsp3) is 0.0127. The normalized spacial score (nSPS) is 12.9. The maximum atomic E-state index is 5.55. The summed E-state index contributed by atoms with van der Waals surface area (Å²) in [6, 6.07) is 107. The Kier molecular flexibility index (Phi) is 10.1. The molecular formula is C79H48N4S. The van der Waals surface area contributed by atoms with Gasteiger partial charge in [0.1, 0.15) is 0 Å². The van der Waals surface area contributed by atoms with Crippen molar-refractivity contribution in [3.05, 3.63) is 313 Å². The van der Waals surface area contributed by atoms with Gasteiger partial charge in [-0.1, -0.05) is 249 Å². The smallest absolute Gasteiger partial charge is 0.235 e. The van der Waals surface area contributed by atoms with E-state index < -0.39 is 5.41 Å². The molecule has 3 heterocycles. The Balaban J connectivity index is 0.925. The van der Waals surface area contributed by atoms with Gasteiger partial charge in [0.15, 0.2) is 0 Å². The summed E-state index contributed by atoms with van der Waals surface area (Å²) in [4.78, 5) is 13.6. The van der Waals surface area contributed by atoms with Crippen molar-refractivity contribution in [3.63, 3.8) is 0 Å². The van der Waals surface area contributed by atoms with Crippen LogP contribution in [0.2, 0.25) is 0 Å². The van der Waals surface area contributed by atoms with Crippen LogP contribution in [0.5, 0.6) is 0 Å². The van der Waals surface area contributed by atoms with E-state index in [1.54, 1.807) is 0 Å². The molecule has 0 saturated carbocycles. The highest BCUT2D eigenvalue weighted by Gasteiger charge is 2.51. The van der Waals surface area contributed by atoms with Crippen LogP contribution in [-0.2, 0) is 5.41 Å². The first-order valence-corrected chi connectivity index (χ1v) is 29.6. The highest BCUT2D eigenvalue weighted by atomic mass is 32.1. The average Bonchev–Trinajstić information content (AvgIpc) is 1.66. The Hall–Kier alpha value is -10.7. The van der Waals surface area contributed by atoms with Crippen molar-refractivity contribution in [2.45, 2.75) is 5.41 Å². The van der Waals surface area contributed by atoms with Crippen LogP contribution in [0.4, 0.5) is 17.1 Å². The van der Waals surface area contributed by atoms with Crippen molar-refractivity contribution in [2.24, 2.45) is 0 Å². The van der Waals surface area contributed by atoms with Gasteiger partial charge in [-0.15, -0.1) is 11.3 Å². The molecule has 0 radical (unpaired) electrons. The summed E-state index contributed by atoms with van der Waals surface area (Å²) in [7, 11) is 0. The molecule has 1 spiro atoms. The average molecular weight is 1090 g/mol. The second-order valence-corrected chi connectivity index (χ2v) is 23.3. The zero-order valence-electron chi connectivity index (χ0n) is 45.4. The molecule has 18 rings (SSSR count). The molecule has 2 aliphatic carbocycles. The zero-order chi connectivity index (χ0) is 55.0. The molecule has 0 N–H and O–H groups in total. The van der Waals surface area contributed by atoms with Crippen molar-refractivity contribution in [3.8, 4) is 61.8 Å². The van der Waals surface area contributed by atoms with Gasteiger partial charge in [-0.3, -0.25) is 4.57 Å². The van der Waals surface area contributed by atoms with Gasteiger partial charge in [0, 0.05) is 54.1 Å².